The number of carboxylic acid groups (broad SMARTS) is 1. The topological polar surface area (TPSA) is 49.3 Å². The van der Waals surface area contributed by atoms with E-state index in [0.717, 1.165) is 19.0 Å². The zero-order valence-corrected chi connectivity index (χ0v) is 18.0. The number of aliphatic carboxylic acids is 1. The van der Waals surface area contributed by atoms with Crippen LogP contribution < -0.4 is 5.32 Å². The standard InChI is InChI=1S/C17H33N.C3H6O2.C2H6/c1-5-8-11-16(4)15-18-14-13-17(10-7-3)12-9-6-2;1-2-3(4)5;1-2/h5,8,11,17-18H,6-7,9-10,12-15H2,1-4H3;2H2,1H3,(H,4,5);1-2H3/b8-5-,16-11+;;. The van der Waals surface area contributed by atoms with Gasteiger partial charge in [-0.1, -0.05) is 90.5 Å². The molecule has 0 aliphatic rings. The average Bonchev–Trinajstić information content (AvgIpc) is 2.63. The van der Waals surface area contributed by atoms with Crippen molar-refractivity contribution >= 4 is 5.97 Å². The molecule has 3 nitrogen and oxygen atoms in total. The SMILES string of the molecule is C/C=C\C=C(/C)CNCCC(CCC)CCCC.CC.CCC(=O)O. The van der Waals surface area contributed by atoms with Gasteiger partial charge >= 0.3 is 5.97 Å². The van der Waals surface area contributed by atoms with Crippen molar-refractivity contribution < 1.29 is 9.90 Å². The van der Waals surface area contributed by atoms with Gasteiger partial charge in [-0.15, -0.1) is 0 Å². The van der Waals surface area contributed by atoms with Crippen LogP contribution in [0.3, 0.4) is 0 Å². The molecule has 0 amide bonds. The molecule has 0 saturated heterocycles. The number of allylic oxidation sites excluding steroid dienone is 3. The van der Waals surface area contributed by atoms with E-state index < -0.39 is 5.97 Å². The third-order valence-corrected chi connectivity index (χ3v) is 3.67. The maximum atomic E-state index is 9.37. The van der Waals surface area contributed by atoms with Crippen LogP contribution in [0.25, 0.3) is 0 Å². The van der Waals surface area contributed by atoms with Crippen LogP contribution in [-0.4, -0.2) is 24.2 Å². The van der Waals surface area contributed by atoms with Crippen LogP contribution >= 0.6 is 0 Å². The number of carbonyl (C=O) groups is 1. The summed E-state index contributed by atoms with van der Waals surface area (Å²) in [7, 11) is 0. The van der Waals surface area contributed by atoms with E-state index in [1.165, 1.54) is 44.1 Å². The van der Waals surface area contributed by atoms with Crippen molar-refractivity contribution in [3.63, 3.8) is 0 Å². The molecule has 1 unspecified atom stereocenters. The summed E-state index contributed by atoms with van der Waals surface area (Å²) in [5, 5.41) is 11.3. The van der Waals surface area contributed by atoms with Crippen LogP contribution in [0.5, 0.6) is 0 Å². The molecule has 25 heavy (non-hydrogen) atoms. The van der Waals surface area contributed by atoms with Gasteiger partial charge in [-0.3, -0.25) is 4.79 Å². The molecule has 0 bridgehead atoms. The first-order valence-corrected chi connectivity index (χ1v) is 10.2. The smallest absolute Gasteiger partial charge is 0.303 e. The van der Waals surface area contributed by atoms with Gasteiger partial charge in [-0.25, -0.2) is 0 Å². The van der Waals surface area contributed by atoms with Gasteiger partial charge in [0, 0.05) is 13.0 Å². The number of carboxylic acids is 1. The molecule has 2 N–H and O–H groups in total. The molecule has 0 radical (unpaired) electrons. The lowest BCUT2D eigenvalue weighted by Gasteiger charge is -2.16. The molecule has 0 aromatic carbocycles. The Morgan fingerprint density at radius 2 is 1.68 bits per heavy atom. The number of unbranched alkanes of at least 4 members (excludes halogenated alkanes) is 1. The number of hydrogen-bond acceptors (Lipinski definition) is 2. The minimum absolute atomic E-state index is 0.222. The number of rotatable bonds is 12. The first-order chi connectivity index (χ1) is 12.0. The van der Waals surface area contributed by atoms with Crippen molar-refractivity contribution in [1.29, 1.82) is 0 Å². The van der Waals surface area contributed by atoms with E-state index in [9.17, 15) is 4.79 Å². The molecule has 0 fully saturated rings. The van der Waals surface area contributed by atoms with Crippen molar-refractivity contribution in [2.75, 3.05) is 13.1 Å². The Kier molecular flexibility index (Phi) is 28.9. The van der Waals surface area contributed by atoms with Gasteiger partial charge < -0.3 is 10.4 Å². The first-order valence-electron chi connectivity index (χ1n) is 10.2. The second kappa shape index (κ2) is 25.2. The molecule has 150 valence electrons. The zero-order valence-electron chi connectivity index (χ0n) is 18.0. The lowest BCUT2D eigenvalue weighted by Crippen LogP contribution is -2.20. The van der Waals surface area contributed by atoms with Crippen molar-refractivity contribution in [1.82, 2.24) is 5.32 Å². The van der Waals surface area contributed by atoms with E-state index in [1.54, 1.807) is 6.92 Å². The summed E-state index contributed by atoms with van der Waals surface area (Å²) < 4.78 is 0. The fraction of sp³-hybridized carbons (Fsp3) is 0.773. The van der Waals surface area contributed by atoms with Crippen LogP contribution in [0.2, 0.25) is 0 Å². The molecule has 0 saturated carbocycles. The van der Waals surface area contributed by atoms with Gasteiger partial charge in [-0.2, -0.15) is 0 Å². The molecule has 0 aromatic heterocycles. The normalized spacial score (nSPS) is 12.0. The Morgan fingerprint density at radius 1 is 1.08 bits per heavy atom. The van der Waals surface area contributed by atoms with Gasteiger partial charge in [0.15, 0.2) is 0 Å². The molecule has 1 atom stereocenters. The third kappa shape index (κ3) is 28.0. The molecular weight excluding hydrogens is 310 g/mol. The molecule has 3 heteroatoms. The number of nitrogens with one attached hydrogen (secondary N) is 1. The molecular formula is C22H45NO2. The lowest BCUT2D eigenvalue weighted by molar-refractivity contribution is -0.136. The van der Waals surface area contributed by atoms with E-state index >= 15 is 0 Å². The molecule has 0 rings (SSSR count). The van der Waals surface area contributed by atoms with E-state index in [0.29, 0.717) is 0 Å². The lowest BCUT2D eigenvalue weighted by atomic mass is 9.94. The summed E-state index contributed by atoms with van der Waals surface area (Å²) in [5.74, 6) is 0.187. The summed E-state index contributed by atoms with van der Waals surface area (Å²) in [4.78, 5) is 9.37. The third-order valence-electron chi connectivity index (χ3n) is 3.67. The summed E-state index contributed by atoms with van der Waals surface area (Å²) in [6.07, 6.45) is 14.8. The highest BCUT2D eigenvalue weighted by Gasteiger charge is 2.06. The van der Waals surface area contributed by atoms with Crippen LogP contribution in [-0.2, 0) is 4.79 Å². The fourth-order valence-electron chi connectivity index (χ4n) is 2.25. The minimum atomic E-state index is -0.745. The van der Waals surface area contributed by atoms with E-state index in [2.05, 4.69) is 51.2 Å². The molecule has 0 aromatic rings. The highest BCUT2D eigenvalue weighted by atomic mass is 16.4. The van der Waals surface area contributed by atoms with Crippen LogP contribution in [0, 0.1) is 5.92 Å². The monoisotopic (exact) mass is 355 g/mol. The maximum Gasteiger partial charge on any atom is 0.303 e. The predicted molar refractivity (Wildman–Crippen MR) is 113 cm³/mol. The Bertz CT molecular complexity index is 322. The van der Waals surface area contributed by atoms with Gasteiger partial charge in [0.05, 0.1) is 0 Å². The quantitative estimate of drug-likeness (QED) is 0.306. The van der Waals surface area contributed by atoms with Gasteiger partial charge in [-0.05, 0) is 32.7 Å². The summed E-state index contributed by atoms with van der Waals surface area (Å²) in [6, 6.07) is 0. The zero-order chi connectivity index (χ0) is 19.9. The van der Waals surface area contributed by atoms with E-state index in [-0.39, 0.29) is 6.42 Å². The van der Waals surface area contributed by atoms with Crippen LogP contribution in [0.4, 0.5) is 0 Å². The maximum absolute atomic E-state index is 9.37. The molecule has 0 spiro atoms. The largest absolute Gasteiger partial charge is 0.481 e. The minimum Gasteiger partial charge on any atom is -0.481 e. The Morgan fingerprint density at radius 3 is 2.12 bits per heavy atom. The second-order valence-electron chi connectivity index (χ2n) is 6.05. The van der Waals surface area contributed by atoms with Gasteiger partial charge in [0.1, 0.15) is 0 Å². The van der Waals surface area contributed by atoms with E-state index in [1.807, 2.05) is 13.8 Å². The Labute approximate surface area is 158 Å². The average molecular weight is 356 g/mol. The van der Waals surface area contributed by atoms with Crippen molar-refractivity contribution in [2.45, 2.75) is 93.4 Å². The van der Waals surface area contributed by atoms with Crippen molar-refractivity contribution in [2.24, 2.45) is 5.92 Å². The Hall–Kier alpha value is -1.09. The molecule has 0 aliphatic carbocycles. The van der Waals surface area contributed by atoms with Crippen LogP contribution in [0.1, 0.15) is 93.4 Å². The second-order valence-corrected chi connectivity index (χ2v) is 6.05. The van der Waals surface area contributed by atoms with Crippen molar-refractivity contribution in [3.8, 4) is 0 Å². The fourth-order valence-corrected chi connectivity index (χ4v) is 2.25. The highest BCUT2D eigenvalue weighted by Crippen LogP contribution is 2.17. The summed E-state index contributed by atoms with van der Waals surface area (Å²) >= 11 is 0. The Balaban J connectivity index is -0.000000588. The molecule has 0 aliphatic heterocycles. The number of hydrogen-bond donors (Lipinski definition) is 2. The van der Waals surface area contributed by atoms with Crippen LogP contribution in [0.15, 0.2) is 23.8 Å². The highest BCUT2D eigenvalue weighted by molar-refractivity contribution is 5.66. The van der Waals surface area contributed by atoms with Gasteiger partial charge in [0.2, 0.25) is 0 Å². The summed E-state index contributed by atoms with van der Waals surface area (Å²) in [5.41, 5.74) is 1.41. The first kappa shape index (κ1) is 28.7. The van der Waals surface area contributed by atoms with Gasteiger partial charge in [0.25, 0.3) is 0 Å². The predicted octanol–water partition coefficient (Wildman–Crippen LogP) is 6.60. The van der Waals surface area contributed by atoms with Crippen molar-refractivity contribution in [3.05, 3.63) is 23.8 Å². The van der Waals surface area contributed by atoms with E-state index in [4.69, 9.17) is 5.11 Å². The molecule has 0 heterocycles. The summed E-state index contributed by atoms with van der Waals surface area (Å²) in [6.45, 7) is 16.6.